The molecule has 1 unspecified atom stereocenters. The van der Waals surface area contributed by atoms with Crippen LogP contribution in [0.5, 0.6) is 0 Å². The molecule has 4 heteroatoms. The Kier molecular flexibility index (Phi) is 4.42. The van der Waals surface area contributed by atoms with E-state index in [0.717, 1.165) is 44.6 Å². The molecule has 1 atom stereocenters. The second-order valence-electron chi connectivity index (χ2n) is 6.42. The highest BCUT2D eigenvalue weighted by atomic mass is 16.7. The maximum Gasteiger partial charge on any atom is 0.168 e. The largest absolute Gasteiger partial charge is 0.348 e. The lowest BCUT2D eigenvalue weighted by Gasteiger charge is -2.43. The fraction of sp³-hybridized carbons (Fsp3) is 1.00. The quantitative estimate of drug-likeness (QED) is 0.847. The molecule has 3 aliphatic rings. The molecule has 0 aromatic rings. The summed E-state index contributed by atoms with van der Waals surface area (Å²) in [6.07, 6.45) is 8.53. The van der Waals surface area contributed by atoms with Crippen molar-refractivity contribution < 1.29 is 9.47 Å². The summed E-state index contributed by atoms with van der Waals surface area (Å²) in [5.74, 6) is 0.622. The van der Waals surface area contributed by atoms with Gasteiger partial charge in [-0.15, -0.1) is 0 Å². The molecule has 2 heterocycles. The van der Waals surface area contributed by atoms with Crippen molar-refractivity contribution in [1.82, 2.24) is 4.90 Å². The van der Waals surface area contributed by atoms with Crippen LogP contribution in [0, 0.1) is 5.92 Å². The van der Waals surface area contributed by atoms with Gasteiger partial charge in [0.2, 0.25) is 0 Å². The Hall–Kier alpha value is -0.160. The average molecular weight is 268 g/mol. The third kappa shape index (κ3) is 3.13. The number of hydrogen-bond acceptors (Lipinski definition) is 4. The average Bonchev–Trinajstić information content (AvgIpc) is 2.89. The molecule has 1 saturated carbocycles. The van der Waals surface area contributed by atoms with Crippen molar-refractivity contribution in [2.75, 3.05) is 32.8 Å². The molecule has 0 aromatic carbocycles. The van der Waals surface area contributed by atoms with Gasteiger partial charge in [0.25, 0.3) is 0 Å². The second kappa shape index (κ2) is 6.08. The van der Waals surface area contributed by atoms with Gasteiger partial charge >= 0.3 is 0 Å². The molecule has 0 bridgehead atoms. The lowest BCUT2D eigenvalue weighted by molar-refractivity contribution is -0.184. The smallest absolute Gasteiger partial charge is 0.168 e. The fourth-order valence-corrected chi connectivity index (χ4v) is 4.09. The summed E-state index contributed by atoms with van der Waals surface area (Å²) < 4.78 is 11.6. The monoisotopic (exact) mass is 268 g/mol. The van der Waals surface area contributed by atoms with Crippen molar-refractivity contribution >= 4 is 0 Å². The standard InChI is InChI=1S/C15H28N2O2/c16-8-5-13-2-1-9-17(12-13)14-3-6-15(7-4-14)18-10-11-19-15/h13-14H,1-12,16H2. The lowest BCUT2D eigenvalue weighted by Crippen LogP contribution is -2.47. The molecular weight excluding hydrogens is 240 g/mol. The van der Waals surface area contributed by atoms with Crippen LogP contribution in [0.1, 0.15) is 44.9 Å². The van der Waals surface area contributed by atoms with Crippen molar-refractivity contribution in [3.05, 3.63) is 0 Å². The predicted octanol–water partition coefficient (Wildman–Crippen LogP) is 1.73. The summed E-state index contributed by atoms with van der Waals surface area (Å²) in [5, 5.41) is 0. The second-order valence-corrected chi connectivity index (χ2v) is 6.42. The Morgan fingerprint density at radius 2 is 1.84 bits per heavy atom. The highest BCUT2D eigenvalue weighted by Crippen LogP contribution is 2.38. The molecule has 19 heavy (non-hydrogen) atoms. The van der Waals surface area contributed by atoms with Gasteiger partial charge in [-0.1, -0.05) is 0 Å². The fourth-order valence-electron chi connectivity index (χ4n) is 4.09. The zero-order valence-corrected chi connectivity index (χ0v) is 12.0. The van der Waals surface area contributed by atoms with Crippen LogP contribution in [0.4, 0.5) is 0 Å². The van der Waals surface area contributed by atoms with Crippen LogP contribution in [-0.4, -0.2) is 49.6 Å². The summed E-state index contributed by atoms with van der Waals surface area (Å²) in [7, 11) is 0. The van der Waals surface area contributed by atoms with Gasteiger partial charge in [-0.05, 0) is 51.1 Å². The zero-order valence-electron chi connectivity index (χ0n) is 12.0. The summed E-state index contributed by atoms with van der Waals surface area (Å²) >= 11 is 0. The number of ether oxygens (including phenoxy) is 2. The molecule has 2 N–H and O–H groups in total. The minimum atomic E-state index is -0.205. The first kappa shape index (κ1) is 13.8. The van der Waals surface area contributed by atoms with Gasteiger partial charge in [0.15, 0.2) is 5.79 Å². The number of likely N-dealkylation sites (tertiary alicyclic amines) is 1. The number of hydrogen-bond donors (Lipinski definition) is 1. The molecule has 3 rings (SSSR count). The molecule has 0 radical (unpaired) electrons. The summed E-state index contributed by atoms with van der Waals surface area (Å²) in [5.41, 5.74) is 5.71. The third-order valence-electron chi connectivity index (χ3n) is 5.17. The normalized spacial score (nSPS) is 33.0. The van der Waals surface area contributed by atoms with E-state index in [-0.39, 0.29) is 5.79 Å². The molecule has 0 aromatic heterocycles. The Balaban J connectivity index is 1.50. The van der Waals surface area contributed by atoms with Crippen molar-refractivity contribution in [3.8, 4) is 0 Å². The Morgan fingerprint density at radius 1 is 1.11 bits per heavy atom. The maximum absolute atomic E-state index is 5.82. The Labute approximate surface area is 116 Å². The highest BCUT2D eigenvalue weighted by molar-refractivity contribution is 4.88. The van der Waals surface area contributed by atoms with Gasteiger partial charge in [-0.2, -0.15) is 0 Å². The first-order valence-electron chi connectivity index (χ1n) is 8.03. The zero-order chi connectivity index (χ0) is 13.1. The van der Waals surface area contributed by atoms with Crippen molar-refractivity contribution in [2.24, 2.45) is 11.7 Å². The van der Waals surface area contributed by atoms with E-state index >= 15 is 0 Å². The van der Waals surface area contributed by atoms with E-state index in [1.54, 1.807) is 0 Å². The predicted molar refractivity (Wildman–Crippen MR) is 74.9 cm³/mol. The summed E-state index contributed by atoms with van der Waals surface area (Å²) in [6, 6.07) is 0.749. The minimum Gasteiger partial charge on any atom is -0.348 e. The number of nitrogens with two attached hydrogens (primary N) is 1. The van der Waals surface area contributed by atoms with Gasteiger partial charge in [-0.3, -0.25) is 0 Å². The van der Waals surface area contributed by atoms with Gasteiger partial charge in [0.1, 0.15) is 0 Å². The third-order valence-corrected chi connectivity index (χ3v) is 5.17. The molecule has 1 spiro atoms. The van der Waals surface area contributed by atoms with Gasteiger partial charge in [0.05, 0.1) is 13.2 Å². The van der Waals surface area contributed by atoms with Crippen LogP contribution in [0.3, 0.4) is 0 Å². The molecule has 1 aliphatic carbocycles. The van der Waals surface area contributed by atoms with E-state index in [2.05, 4.69) is 4.90 Å². The summed E-state index contributed by atoms with van der Waals surface area (Å²) in [4.78, 5) is 2.71. The molecule has 2 aliphatic heterocycles. The Bertz CT molecular complexity index is 280. The Morgan fingerprint density at radius 3 is 2.53 bits per heavy atom. The van der Waals surface area contributed by atoms with E-state index in [1.807, 2.05) is 0 Å². The number of piperidine rings is 1. The highest BCUT2D eigenvalue weighted by Gasteiger charge is 2.41. The van der Waals surface area contributed by atoms with Crippen LogP contribution in [0.2, 0.25) is 0 Å². The van der Waals surface area contributed by atoms with E-state index < -0.39 is 0 Å². The number of rotatable bonds is 3. The van der Waals surface area contributed by atoms with Gasteiger partial charge < -0.3 is 20.1 Å². The van der Waals surface area contributed by atoms with Crippen LogP contribution >= 0.6 is 0 Å². The molecule has 110 valence electrons. The molecule has 4 nitrogen and oxygen atoms in total. The van der Waals surface area contributed by atoms with Gasteiger partial charge in [-0.25, -0.2) is 0 Å². The number of nitrogens with zero attached hydrogens (tertiary/aromatic N) is 1. The van der Waals surface area contributed by atoms with E-state index in [4.69, 9.17) is 15.2 Å². The molecule has 3 fully saturated rings. The van der Waals surface area contributed by atoms with E-state index in [9.17, 15) is 0 Å². The van der Waals surface area contributed by atoms with Gasteiger partial charge in [0, 0.05) is 25.4 Å². The van der Waals surface area contributed by atoms with Crippen molar-refractivity contribution in [1.29, 1.82) is 0 Å². The molecular formula is C15H28N2O2. The van der Waals surface area contributed by atoms with Crippen LogP contribution in [0.15, 0.2) is 0 Å². The van der Waals surface area contributed by atoms with E-state index in [1.165, 1.54) is 45.2 Å². The van der Waals surface area contributed by atoms with Crippen molar-refractivity contribution in [2.45, 2.75) is 56.8 Å². The van der Waals surface area contributed by atoms with Crippen LogP contribution in [0.25, 0.3) is 0 Å². The van der Waals surface area contributed by atoms with Crippen molar-refractivity contribution in [3.63, 3.8) is 0 Å². The van der Waals surface area contributed by atoms with Crippen LogP contribution in [-0.2, 0) is 9.47 Å². The first-order valence-corrected chi connectivity index (χ1v) is 8.03. The lowest BCUT2D eigenvalue weighted by atomic mass is 9.86. The molecule has 0 amide bonds. The van der Waals surface area contributed by atoms with Crippen LogP contribution < -0.4 is 5.73 Å². The van der Waals surface area contributed by atoms with E-state index in [0.29, 0.717) is 0 Å². The SMILES string of the molecule is NCCC1CCCN(C2CCC3(CC2)OCCO3)C1. The minimum absolute atomic E-state index is 0.205. The molecule has 2 saturated heterocycles. The topological polar surface area (TPSA) is 47.7 Å². The first-order chi connectivity index (χ1) is 9.31. The maximum atomic E-state index is 5.82. The summed E-state index contributed by atoms with van der Waals surface area (Å²) in [6.45, 7) is 4.95.